The van der Waals surface area contributed by atoms with Crippen LogP contribution in [0.3, 0.4) is 0 Å². The number of ether oxygens (including phenoxy) is 1. The number of carbonyl (C=O) groups is 1. The quantitative estimate of drug-likeness (QED) is 0.442. The summed E-state index contributed by atoms with van der Waals surface area (Å²) in [6, 6.07) is 4.28. The molecule has 3 aromatic rings. The first-order valence-corrected chi connectivity index (χ1v) is 12.0. The molecule has 37 heavy (non-hydrogen) atoms. The van der Waals surface area contributed by atoms with Crippen molar-refractivity contribution < 1.29 is 31.5 Å². The lowest BCUT2D eigenvalue weighted by Gasteiger charge is -2.43. The van der Waals surface area contributed by atoms with Crippen molar-refractivity contribution in [3.63, 3.8) is 0 Å². The number of hydrogen-bond donors (Lipinski definition) is 1. The van der Waals surface area contributed by atoms with Crippen molar-refractivity contribution in [1.29, 1.82) is 0 Å². The molecule has 1 fully saturated rings. The molecule has 3 aromatic heterocycles. The van der Waals surface area contributed by atoms with Gasteiger partial charge in [0.1, 0.15) is 11.5 Å². The Kier molecular flexibility index (Phi) is 7.31. The van der Waals surface area contributed by atoms with E-state index in [4.69, 9.17) is 4.74 Å². The minimum Gasteiger partial charge on any atom is -0.481 e. The number of rotatable bonds is 6. The molecule has 4 heterocycles. The van der Waals surface area contributed by atoms with Gasteiger partial charge in [-0.2, -0.15) is 13.2 Å². The number of pyridine rings is 1. The van der Waals surface area contributed by atoms with E-state index in [1.165, 1.54) is 18.4 Å². The van der Waals surface area contributed by atoms with Crippen molar-refractivity contribution in [3.8, 4) is 16.5 Å². The van der Waals surface area contributed by atoms with Crippen molar-refractivity contribution in [1.82, 2.24) is 24.8 Å². The molecule has 0 bridgehead atoms. The highest BCUT2D eigenvalue weighted by Gasteiger charge is 2.47. The highest BCUT2D eigenvalue weighted by atomic mass is 32.1. The number of thiazole rings is 1. The lowest BCUT2D eigenvalue weighted by atomic mass is 9.88. The van der Waals surface area contributed by atoms with E-state index in [9.17, 15) is 26.7 Å². The van der Waals surface area contributed by atoms with E-state index in [0.29, 0.717) is 27.7 Å². The summed E-state index contributed by atoms with van der Waals surface area (Å²) in [5, 5.41) is 3.38. The summed E-state index contributed by atoms with van der Waals surface area (Å²) in [6.45, 7) is 2.43. The standard InChI is InChI=1S/C23H23F5N6O2S/c1-12-7-22(24,25)11-34(15(12)8-30-17-10-29-16(9-31-17)23(26,27)28)21(35)19-20(37-13(2)32-19)14-5-4-6-18(33-14)36-3/h4-6,9-10,12,15H,7-8,11H2,1-3H3,(H,30,31)/t12-,15-/m1/s1. The molecule has 8 nitrogen and oxygen atoms in total. The number of alkyl halides is 5. The lowest BCUT2D eigenvalue weighted by Crippen LogP contribution is -2.57. The highest BCUT2D eigenvalue weighted by molar-refractivity contribution is 7.15. The zero-order valence-electron chi connectivity index (χ0n) is 20.0. The molecule has 4 rings (SSSR count). The SMILES string of the molecule is COc1cccc(-c2sc(C)nc2C(=O)N2CC(F)(F)C[C@@H](C)[C@H]2CNc2cnc(C(F)(F)F)cn2)n1. The fraction of sp³-hybridized carbons (Fsp3) is 0.435. The topological polar surface area (TPSA) is 93.1 Å². The smallest absolute Gasteiger partial charge is 0.434 e. The molecule has 0 aromatic carbocycles. The maximum Gasteiger partial charge on any atom is 0.434 e. The van der Waals surface area contributed by atoms with Gasteiger partial charge < -0.3 is 15.0 Å². The molecule has 2 atom stereocenters. The van der Waals surface area contributed by atoms with Gasteiger partial charge >= 0.3 is 6.18 Å². The molecule has 0 unspecified atom stereocenters. The Balaban J connectivity index is 1.62. The van der Waals surface area contributed by atoms with Gasteiger partial charge in [0, 0.05) is 19.0 Å². The Morgan fingerprint density at radius 3 is 2.65 bits per heavy atom. The number of piperidine rings is 1. The molecule has 0 aliphatic carbocycles. The summed E-state index contributed by atoms with van der Waals surface area (Å²) in [5.74, 6) is -4.11. The number of methoxy groups -OCH3 is 1. The number of halogens is 5. The van der Waals surface area contributed by atoms with Gasteiger partial charge in [0.15, 0.2) is 5.69 Å². The van der Waals surface area contributed by atoms with Gasteiger partial charge in [-0.3, -0.25) is 4.79 Å². The Bertz CT molecular complexity index is 1270. The molecular formula is C23H23F5N6O2S. The molecule has 198 valence electrons. The molecule has 0 spiro atoms. The number of nitrogens with zero attached hydrogens (tertiary/aromatic N) is 5. The molecule has 14 heteroatoms. The third-order valence-corrected chi connectivity index (χ3v) is 6.87. The average molecular weight is 543 g/mol. The minimum atomic E-state index is -4.64. The number of amides is 1. The normalized spacial score (nSPS) is 19.5. The van der Waals surface area contributed by atoms with Crippen LogP contribution in [0.15, 0.2) is 30.6 Å². The first kappa shape index (κ1) is 26.6. The number of nitrogens with one attached hydrogen (secondary N) is 1. The van der Waals surface area contributed by atoms with Crippen LogP contribution in [0.5, 0.6) is 5.88 Å². The largest absolute Gasteiger partial charge is 0.481 e. The van der Waals surface area contributed by atoms with Crippen LogP contribution < -0.4 is 10.1 Å². The first-order valence-electron chi connectivity index (χ1n) is 11.2. The van der Waals surface area contributed by atoms with Crippen LogP contribution in [0.1, 0.15) is 34.5 Å². The van der Waals surface area contributed by atoms with Crippen molar-refractivity contribution in [2.24, 2.45) is 5.92 Å². The number of anilines is 1. The number of carbonyl (C=O) groups excluding carboxylic acids is 1. The average Bonchev–Trinajstić information content (AvgIpc) is 3.23. The molecular weight excluding hydrogens is 519 g/mol. The predicted octanol–water partition coefficient (Wildman–Crippen LogP) is 4.93. The molecule has 0 saturated carbocycles. The molecule has 1 aliphatic heterocycles. The summed E-state index contributed by atoms with van der Waals surface area (Å²) < 4.78 is 72.7. The molecule has 1 aliphatic rings. The van der Waals surface area contributed by atoms with Gasteiger partial charge in [0.25, 0.3) is 11.8 Å². The zero-order valence-corrected chi connectivity index (χ0v) is 20.8. The number of aryl methyl sites for hydroxylation is 1. The van der Waals surface area contributed by atoms with Crippen LogP contribution >= 0.6 is 11.3 Å². The molecule has 1 saturated heterocycles. The Labute approximate surface area is 212 Å². The zero-order chi connectivity index (χ0) is 27.0. The van der Waals surface area contributed by atoms with Gasteiger partial charge in [0.05, 0.1) is 47.7 Å². The number of likely N-dealkylation sites (tertiary alicyclic amines) is 1. The molecule has 1 N–H and O–H groups in total. The van der Waals surface area contributed by atoms with E-state index in [1.807, 2.05) is 0 Å². The van der Waals surface area contributed by atoms with E-state index in [0.717, 1.165) is 11.1 Å². The minimum absolute atomic E-state index is 0.00697. The van der Waals surface area contributed by atoms with Crippen LogP contribution in [0.2, 0.25) is 0 Å². The van der Waals surface area contributed by atoms with Crippen LogP contribution in [0, 0.1) is 12.8 Å². The van der Waals surface area contributed by atoms with Crippen LogP contribution in [0.25, 0.3) is 10.6 Å². The second-order valence-corrected chi connectivity index (χ2v) is 9.88. The summed E-state index contributed by atoms with van der Waals surface area (Å²) in [6.07, 6.45) is -3.61. The second kappa shape index (κ2) is 10.1. The van der Waals surface area contributed by atoms with Crippen molar-refractivity contribution in [2.75, 3.05) is 25.5 Å². The fourth-order valence-electron chi connectivity index (χ4n) is 4.19. The maximum absolute atomic E-state index is 14.6. The number of aromatic nitrogens is 4. The highest BCUT2D eigenvalue weighted by Crippen LogP contribution is 2.37. The van der Waals surface area contributed by atoms with Gasteiger partial charge in [-0.25, -0.2) is 28.7 Å². The summed E-state index contributed by atoms with van der Waals surface area (Å²) in [7, 11) is 1.45. The Morgan fingerprint density at radius 2 is 2.00 bits per heavy atom. The van der Waals surface area contributed by atoms with Crippen LogP contribution in [-0.4, -0.2) is 62.9 Å². The van der Waals surface area contributed by atoms with Crippen LogP contribution in [-0.2, 0) is 6.18 Å². The van der Waals surface area contributed by atoms with E-state index < -0.39 is 48.6 Å². The number of hydrogen-bond acceptors (Lipinski definition) is 8. The van der Waals surface area contributed by atoms with E-state index in [-0.39, 0.29) is 18.1 Å². The van der Waals surface area contributed by atoms with E-state index in [2.05, 4.69) is 25.3 Å². The molecule has 1 amide bonds. The second-order valence-electron chi connectivity index (χ2n) is 8.68. The molecule has 0 radical (unpaired) electrons. The third kappa shape index (κ3) is 5.95. The van der Waals surface area contributed by atoms with Crippen LogP contribution in [0.4, 0.5) is 27.8 Å². The predicted molar refractivity (Wildman–Crippen MR) is 126 cm³/mol. The Hall–Kier alpha value is -3.42. The van der Waals surface area contributed by atoms with Gasteiger partial charge in [-0.1, -0.05) is 13.0 Å². The summed E-state index contributed by atoms with van der Waals surface area (Å²) >= 11 is 1.20. The fourth-order valence-corrected chi connectivity index (χ4v) is 5.07. The van der Waals surface area contributed by atoms with Crippen molar-refractivity contribution >= 4 is 23.1 Å². The van der Waals surface area contributed by atoms with Crippen molar-refractivity contribution in [3.05, 3.63) is 47.0 Å². The van der Waals surface area contributed by atoms with Gasteiger partial charge in [-0.15, -0.1) is 11.3 Å². The lowest BCUT2D eigenvalue weighted by molar-refractivity contribution is -0.141. The van der Waals surface area contributed by atoms with Crippen molar-refractivity contribution in [2.45, 2.75) is 38.4 Å². The summed E-state index contributed by atoms with van der Waals surface area (Å²) in [5.41, 5.74) is -0.745. The third-order valence-electron chi connectivity index (χ3n) is 5.88. The summed E-state index contributed by atoms with van der Waals surface area (Å²) in [4.78, 5) is 30.9. The first-order chi connectivity index (χ1) is 17.4. The maximum atomic E-state index is 14.6. The monoisotopic (exact) mass is 542 g/mol. The van der Waals surface area contributed by atoms with E-state index in [1.54, 1.807) is 32.0 Å². The Morgan fingerprint density at radius 1 is 1.24 bits per heavy atom. The van der Waals surface area contributed by atoms with Gasteiger partial charge in [-0.05, 0) is 18.9 Å². The van der Waals surface area contributed by atoms with E-state index >= 15 is 0 Å². The van der Waals surface area contributed by atoms with Gasteiger partial charge in [0.2, 0.25) is 5.88 Å².